The van der Waals surface area contributed by atoms with Gasteiger partial charge in [0.1, 0.15) is 17.7 Å². The van der Waals surface area contributed by atoms with Crippen molar-refractivity contribution in [2.75, 3.05) is 11.9 Å². The van der Waals surface area contributed by atoms with E-state index in [0.29, 0.717) is 19.4 Å². The van der Waals surface area contributed by atoms with Gasteiger partial charge in [0.2, 0.25) is 17.7 Å². The Labute approximate surface area is 168 Å². The van der Waals surface area contributed by atoms with E-state index in [1.807, 2.05) is 6.92 Å². The van der Waals surface area contributed by atoms with Crippen LogP contribution >= 0.6 is 0 Å². The molecule has 0 radical (unpaired) electrons. The van der Waals surface area contributed by atoms with Gasteiger partial charge in [-0.1, -0.05) is 19.8 Å². The molecule has 2 heterocycles. The molecule has 1 aliphatic carbocycles. The molecule has 1 aromatic rings. The maximum absolute atomic E-state index is 13.2. The lowest BCUT2D eigenvalue weighted by Gasteiger charge is -2.28. The summed E-state index contributed by atoms with van der Waals surface area (Å²) < 4.78 is 13.0. The SMILES string of the molecule is CCCCC(CC(=O)NO)C(=O)N1CC2(CC2)CC1C(=O)Nc1ccc(F)cn1. The summed E-state index contributed by atoms with van der Waals surface area (Å²) in [7, 11) is 0. The summed E-state index contributed by atoms with van der Waals surface area (Å²) in [6.07, 6.45) is 5.55. The van der Waals surface area contributed by atoms with Crippen LogP contribution in [0.4, 0.5) is 10.2 Å². The molecule has 2 fully saturated rings. The normalized spacial score (nSPS) is 20.4. The lowest BCUT2D eigenvalue weighted by molar-refractivity contribution is -0.143. The number of nitrogens with one attached hydrogen (secondary N) is 2. The minimum absolute atomic E-state index is 0.0254. The van der Waals surface area contributed by atoms with Crippen LogP contribution in [0.25, 0.3) is 0 Å². The largest absolute Gasteiger partial charge is 0.330 e. The fourth-order valence-corrected chi connectivity index (χ4v) is 3.99. The highest BCUT2D eigenvalue weighted by molar-refractivity contribution is 5.98. The summed E-state index contributed by atoms with van der Waals surface area (Å²) >= 11 is 0. The van der Waals surface area contributed by atoms with Crippen LogP contribution in [0.15, 0.2) is 18.3 Å². The van der Waals surface area contributed by atoms with Crippen LogP contribution in [-0.2, 0) is 14.4 Å². The molecule has 2 unspecified atom stereocenters. The van der Waals surface area contributed by atoms with Crippen molar-refractivity contribution in [3.63, 3.8) is 0 Å². The quantitative estimate of drug-likeness (QED) is 0.453. The van der Waals surface area contributed by atoms with Crippen LogP contribution in [0.2, 0.25) is 0 Å². The van der Waals surface area contributed by atoms with Crippen LogP contribution in [0.5, 0.6) is 0 Å². The van der Waals surface area contributed by atoms with Gasteiger partial charge in [-0.15, -0.1) is 0 Å². The molecule has 1 saturated carbocycles. The molecule has 1 aromatic heterocycles. The van der Waals surface area contributed by atoms with Gasteiger partial charge < -0.3 is 10.2 Å². The first kappa shape index (κ1) is 21.2. The molecule has 29 heavy (non-hydrogen) atoms. The number of carbonyl (C=O) groups excluding carboxylic acids is 3. The molecule has 8 nitrogen and oxygen atoms in total. The number of anilines is 1. The highest BCUT2D eigenvalue weighted by atomic mass is 19.1. The molecule has 3 N–H and O–H groups in total. The summed E-state index contributed by atoms with van der Waals surface area (Å²) in [5.41, 5.74) is 1.56. The van der Waals surface area contributed by atoms with Crippen molar-refractivity contribution in [2.24, 2.45) is 11.3 Å². The molecule has 0 bridgehead atoms. The van der Waals surface area contributed by atoms with Crippen molar-refractivity contribution >= 4 is 23.5 Å². The third kappa shape index (κ3) is 5.09. The standard InChI is InChI=1S/C20H27FN4O4/c1-2-3-4-13(9-17(26)24-29)19(28)25-12-20(7-8-20)10-15(25)18(27)23-16-6-5-14(21)11-22-16/h5-6,11,13,15,29H,2-4,7-10,12H2,1H3,(H,24,26)(H,22,23,27). The van der Waals surface area contributed by atoms with Gasteiger partial charge in [-0.2, -0.15) is 0 Å². The summed E-state index contributed by atoms with van der Waals surface area (Å²) in [6, 6.07) is 1.92. The molecule has 2 aliphatic rings. The first-order valence-corrected chi connectivity index (χ1v) is 10.0. The lowest BCUT2D eigenvalue weighted by Crippen LogP contribution is -2.46. The topological polar surface area (TPSA) is 112 Å². The van der Waals surface area contributed by atoms with Crippen LogP contribution in [-0.4, -0.2) is 45.4 Å². The maximum Gasteiger partial charge on any atom is 0.248 e. The zero-order valence-corrected chi connectivity index (χ0v) is 16.5. The first-order chi connectivity index (χ1) is 13.9. The minimum Gasteiger partial charge on any atom is -0.330 e. The van der Waals surface area contributed by atoms with E-state index in [2.05, 4.69) is 10.3 Å². The Morgan fingerprint density at radius 1 is 1.38 bits per heavy atom. The van der Waals surface area contributed by atoms with Gasteiger partial charge in [0.25, 0.3) is 0 Å². The molecule has 1 spiro atoms. The second-order valence-electron chi connectivity index (χ2n) is 8.12. The number of hydrogen-bond donors (Lipinski definition) is 3. The number of unbranched alkanes of at least 4 members (excludes halogenated alkanes) is 1. The van der Waals surface area contributed by atoms with E-state index < -0.39 is 23.7 Å². The summed E-state index contributed by atoms with van der Waals surface area (Å²) in [5.74, 6) is -2.08. The van der Waals surface area contributed by atoms with E-state index in [4.69, 9.17) is 5.21 Å². The fourth-order valence-electron chi connectivity index (χ4n) is 3.99. The zero-order chi connectivity index (χ0) is 21.0. The highest BCUT2D eigenvalue weighted by Crippen LogP contribution is 2.55. The Morgan fingerprint density at radius 2 is 2.14 bits per heavy atom. The molecule has 158 valence electrons. The van der Waals surface area contributed by atoms with Crippen LogP contribution in [0.3, 0.4) is 0 Å². The molecular weight excluding hydrogens is 379 g/mol. The number of hydrogen-bond acceptors (Lipinski definition) is 5. The average Bonchev–Trinajstić information content (AvgIpc) is 3.36. The Kier molecular flexibility index (Phi) is 6.46. The van der Waals surface area contributed by atoms with Crippen molar-refractivity contribution in [2.45, 2.75) is 57.9 Å². The molecule has 1 saturated heterocycles. The minimum atomic E-state index is -0.654. The molecule has 0 aromatic carbocycles. The first-order valence-electron chi connectivity index (χ1n) is 10.0. The lowest BCUT2D eigenvalue weighted by atomic mass is 9.96. The zero-order valence-electron chi connectivity index (χ0n) is 16.5. The van der Waals surface area contributed by atoms with Gasteiger partial charge in [0, 0.05) is 18.9 Å². The predicted molar refractivity (Wildman–Crippen MR) is 102 cm³/mol. The van der Waals surface area contributed by atoms with Gasteiger partial charge in [-0.05, 0) is 43.2 Å². The number of likely N-dealkylation sites (tertiary alicyclic amines) is 1. The number of carbonyl (C=O) groups is 3. The monoisotopic (exact) mass is 406 g/mol. The van der Waals surface area contributed by atoms with Crippen molar-refractivity contribution in [3.05, 3.63) is 24.1 Å². The van der Waals surface area contributed by atoms with Crippen molar-refractivity contribution in [3.8, 4) is 0 Å². The Hall–Kier alpha value is -2.55. The molecular formula is C20H27FN4O4. The van der Waals surface area contributed by atoms with E-state index >= 15 is 0 Å². The van der Waals surface area contributed by atoms with Gasteiger partial charge >= 0.3 is 0 Å². The summed E-state index contributed by atoms with van der Waals surface area (Å²) in [6.45, 7) is 2.48. The molecule has 3 rings (SSSR count). The summed E-state index contributed by atoms with van der Waals surface area (Å²) in [5, 5.41) is 11.5. The maximum atomic E-state index is 13.2. The number of halogens is 1. The van der Waals surface area contributed by atoms with E-state index in [1.54, 1.807) is 10.4 Å². The van der Waals surface area contributed by atoms with Gasteiger partial charge in [0.15, 0.2) is 0 Å². The Bertz CT molecular complexity index is 766. The second-order valence-corrected chi connectivity index (χ2v) is 8.12. The van der Waals surface area contributed by atoms with E-state index in [0.717, 1.165) is 31.9 Å². The number of hydroxylamine groups is 1. The van der Waals surface area contributed by atoms with Crippen LogP contribution < -0.4 is 10.8 Å². The smallest absolute Gasteiger partial charge is 0.248 e. The number of aromatic nitrogens is 1. The number of nitrogens with zero attached hydrogens (tertiary/aromatic N) is 2. The Morgan fingerprint density at radius 3 is 2.72 bits per heavy atom. The van der Waals surface area contributed by atoms with E-state index in [9.17, 15) is 18.8 Å². The number of amides is 3. The molecule has 1 aliphatic heterocycles. The number of pyridine rings is 1. The van der Waals surface area contributed by atoms with Gasteiger partial charge in [-0.25, -0.2) is 14.9 Å². The Balaban J connectivity index is 1.74. The van der Waals surface area contributed by atoms with Gasteiger partial charge in [0.05, 0.1) is 6.20 Å². The second kappa shape index (κ2) is 8.86. The molecule has 2 atom stereocenters. The molecule has 9 heteroatoms. The van der Waals surface area contributed by atoms with Crippen molar-refractivity contribution in [1.82, 2.24) is 15.4 Å². The van der Waals surface area contributed by atoms with E-state index in [1.165, 1.54) is 12.1 Å². The highest BCUT2D eigenvalue weighted by Gasteiger charge is 2.55. The summed E-state index contributed by atoms with van der Waals surface area (Å²) in [4.78, 5) is 43.2. The average molecular weight is 406 g/mol. The third-order valence-corrected chi connectivity index (χ3v) is 5.84. The fraction of sp³-hybridized carbons (Fsp3) is 0.600. The van der Waals surface area contributed by atoms with Crippen LogP contribution in [0, 0.1) is 17.2 Å². The number of rotatable bonds is 8. The molecule has 3 amide bonds. The van der Waals surface area contributed by atoms with Gasteiger partial charge in [-0.3, -0.25) is 19.6 Å². The van der Waals surface area contributed by atoms with Crippen molar-refractivity contribution < 1.29 is 24.0 Å². The van der Waals surface area contributed by atoms with Crippen LogP contribution in [0.1, 0.15) is 51.9 Å². The third-order valence-electron chi connectivity index (χ3n) is 5.84. The predicted octanol–water partition coefficient (Wildman–Crippen LogP) is 2.24. The van der Waals surface area contributed by atoms with Crippen molar-refractivity contribution in [1.29, 1.82) is 0 Å². The van der Waals surface area contributed by atoms with E-state index in [-0.39, 0.29) is 29.5 Å².